The van der Waals surface area contributed by atoms with Crippen molar-refractivity contribution in [2.75, 3.05) is 6.54 Å². The number of carbonyl (C=O) groups excluding carboxylic acids is 1. The van der Waals surface area contributed by atoms with Crippen LogP contribution in [0.25, 0.3) is 11.1 Å². The summed E-state index contributed by atoms with van der Waals surface area (Å²) in [5, 5.41) is 2.91. The Morgan fingerprint density at radius 3 is 2.77 bits per heavy atom. The molecule has 5 nitrogen and oxygen atoms in total. The number of furan rings is 1. The molecule has 7 heteroatoms. The van der Waals surface area contributed by atoms with Crippen molar-refractivity contribution in [3.63, 3.8) is 0 Å². The van der Waals surface area contributed by atoms with Crippen LogP contribution >= 0.6 is 24.8 Å². The third-order valence-corrected chi connectivity index (χ3v) is 3.26. The van der Waals surface area contributed by atoms with Gasteiger partial charge in [0.05, 0.1) is 0 Å². The van der Waals surface area contributed by atoms with Crippen molar-refractivity contribution >= 4 is 41.8 Å². The van der Waals surface area contributed by atoms with Gasteiger partial charge in [0, 0.05) is 24.3 Å². The second kappa shape index (κ2) is 9.66. The summed E-state index contributed by atoms with van der Waals surface area (Å²) in [4.78, 5) is 16.5. The van der Waals surface area contributed by atoms with Crippen LogP contribution in [0.1, 0.15) is 42.4 Å². The van der Waals surface area contributed by atoms with E-state index in [1.807, 2.05) is 19.1 Å². The molecule has 0 fully saturated rings. The summed E-state index contributed by atoms with van der Waals surface area (Å²) in [5.74, 6) is 0.0558. The second-order valence-electron chi connectivity index (χ2n) is 4.99. The van der Waals surface area contributed by atoms with Crippen LogP contribution in [0.15, 0.2) is 22.6 Å². The van der Waals surface area contributed by atoms with Gasteiger partial charge in [-0.1, -0.05) is 19.8 Å². The molecule has 0 spiro atoms. The van der Waals surface area contributed by atoms with Crippen molar-refractivity contribution in [1.82, 2.24) is 10.3 Å². The van der Waals surface area contributed by atoms with E-state index in [-0.39, 0.29) is 42.5 Å². The van der Waals surface area contributed by atoms with E-state index in [9.17, 15) is 4.79 Å². The Labute approximate surface area is 142 Å². The van der Waals surface area contributed by atoms with Crippen molar-refractivity contribution in [3.05, 3.63) is 29.7 Å². The fourth-order valence-electron chi connectivity index (χ4n) is 2.09. The highest BCUT2D eigenvalue weighted by Gasteiger charge is 2.16. The molecule has 2 heterocycles. The van der Waals surface area contributed by atoms with Gasteiger partial charge in [-0.2, -0.15) is 0 Å². The fraction of sp³-hybridized carbons (Fsp3) is 0.467. The minimum atomic E-state index is -0.229. The Morgan fingerprint density at radius 2 is 2.14 bits per heavy atom. The number of fused-ring (bicyclic) bond motifs is 1. The molecule has 0 bridgehead atoms. The number of aryl methyl sites for hydroxylation is 1. The summed E-state index contributed by atoms with van der Waals surface area (Å²) in [7, 11) is 0. The minimum absolute atomic E-state index is 0. The van der Waals surface area contributed by atoms with Crippen molar-refractivity contribution < 1.29 is 9.21 Å². The quantitative estimate of drug-likeness (QED) is 0.840. The number of hydrogen-bond donors (Lipinski definition) is 2. The molecule has 0 aliphatic rings. The molecule has 1 unspecified atom stereocenters. The highest BCUT2D eigenvalue weighted by atomic mass is 35.5. The van der Waals surface area contributed by atoms with Crippen LogP contribution in [0.5, 0.6) is 0 Å². The van der Waals surface area contributed by atoms with Crippen molar-refractivity contribution in [1.29, 1.82) is 0 Å². The van der Waals surface area contributed by atoms with E-state index in [0.717, 1.165) is 25.0 Å². The number of aromatic nitrogens is 1. The number of rotatable bonds is 6. The molecule has 0 aliphatic heterocycles. The summed E-state index contributed by atoms with van der Waals surface area (Å²) >= 11 is 0. The fourth-order valence-corrected chi connectivity index (χ4v) is 2.09. The van der Waals surface area contributed by atoms with E-state index in [0.29, 0.717) is 17.6 Å². The normalized spacial score (nSPS) is 11.4. The van der Waals surface area contributed by atoms with Gasteiger partial charge in [0.2, 0.25) is 0 Å². The number of unbranched alkanes of at least 4 members (excludes halogenated alkanes) is 1. The first-order valence-corrected chi connectivity index (χ1v) is 7.02. The van der Waals surface area contributed by atoms with Gasteiger partial charge in [-0.15, -0.1) is 24.8 Å². The first-order valence-electron chi connectivity index (χ1n) is 7.02. The molecular weight excluding hydrogens is 325 g/mol. The lowest BCUT2D eigenvalue weighted by molar-refractivity contribution is 0.0910. The average Bonchev–Trinajstić information content (AvgIpc) is 2.86. The van der Waals surface area contributed by atoms with E-state index >= 15 is 0 Å². The predicted octanol–water partition coefficient (Wildman–Crippen LogP) is 3.23. The molecule has 0 aliphatic carbocycles. The van der Waals surface area contributed by atoms with E-state index < -0.39 is 0 Å². The van der Waals surface area contributed by atoms with Gasteiger partial charge in [0.1, 0.15) is 5.52 Å². The van der Waals surface area contributed by atoms with Crippen LogP contribution in [-0.2, 0) is 0 Å². The van der Waals surface area contributed by atoms with Crippen LogP contribution in [0.2, 0.25) is 0 Å². The molecule has 22 heavy (non-hydrogen) atoms. The van der Waals surface area contributed by atoms with Gasteiger partial charge >= 0.3 is 0 Å². The zero-order valence-electron chi connectivity index (χ0n) is 12.8. The van der Waals surface area contributed by atoms with Crippen molar-refractivity contribution in [2.24, 2.45) is 5.73 Å². The van der Waals surface area contributed by atoms with Crippen molar-refractivity contribution in [2.45, 2.75) is 39.2 Å². The average molecular weight is 348 g/mol. The van der Waals surface area contributed by atoms with Gasteiger partial charge < -0.3 is 15.5 Å². The maximum absolute atomic E-state index is 12.1. The predicted molar refractivity (Wildman–Crippen MR) is 93.1 cm³/mol. The van der Waals surface area contributed by atoms with Crippen LogP contribution in [0.4, 0.5) is 0 Å². The Morgan fingerprint density at radius 1 is 1.41 bits per heavy atom. The van der Waals surface area contributed by atoms with Gasteiger partial charge in [-0.25, -0.2) is 4.98 Å². The molecule has 0 saturated carbocycles. The number of nitrogens with zero attached hydrogens (tertiary/aromatic N) is 1. The van der Waals surface area contributed by atoms with E-state index in [2.05, 4.69) is 17.2 Å². The Bertz CT molecular complexity index is 601. The number of halogens is 2. The smallest absolute Gasteiger partial charge is 0.287 e. The molecule has 124 valence electrons. The molecule has 0 aromatic carbocycles. The summed E-state index contributed by atoms with van der Waals surface area (Å²) in [6.45, 7) is 4.45. The summed E-state index contributed by atoms with van der Waals surface area (Å²) in [5.41, 5.74) is 7.90. The molecule has 2 aromatic heterocycles. The third-order valence-electron chi connectivity index (χ3n) is 3.26. The lowest BCUT2D eigenvalue weighted by Crippen LogP contribution is -2.40. The Kier molecular flexibility index (Phi) is 9.09. The Hall–Kier alpha value is -1.30. The Balaban J connectivity index is 0.00000220. The monoisotopic (exact) mass is 347 g/mol. The standard InChI is InChI=1S/C15H21N3O2.2ClH/c1-3-4-5-11(9-16)18-15(19)14-8-12-13(20-14)7-6-10(2)17-12;;/h6-8,11H,3-5,9,16H2,1-2H3,(H,18,19);2*1H. The summed E-state index contributed by atoms with van der Waals surface area (Å²) in [6, 6.07) is 5.35. The van der Waals surface area contributed by atoms with Gasteiger partial charge in [0.25, 0.3) is 5.91 Å². The maximum Gasteiger partial charge on any atom is 0.287 e. The van der Waals surface area contributed by atoms with Crippen LogP contribution in [0.3, 0.4) is 0 Å². The van der Waals surface area contributed by atoms with E-state index in [1.165, 1.54) is 0 Å². The molecule has 2 aromatic rings. The van der Waals surface area contributed by atoms with Crippen LogP contribution in [0, 0.1) is 6.92 Å². The van der Waals surface area contributed by atoms with Gasteiger partial charge in [-0.3, -0.25) is 4.79 Å². The summed E-state index contributed by atoms with van der Waals surface area (Å²) in [6.07, 6.45) is 3.01. The molecule has 0 saturated heterocycles. The zero-order valence-corrected chi connectivity index (χ0v) is 14.4. The molecule has 0 radical (unpaired) electrons. The topological polar surface area (TPSA) is 81.1 Å². The van der Waals surface area contributed by atoms with Crippen molar-refractivity contribution in [3.8, 4) is 0 Å². The SMILES string of the molecule is CCCCC(CN)NC(=O)c1cc2nc(C)ccc2o1.Cl.Cl. The van der Waals surface area contributed by atoms with E-state index in [1.54, 1.807) is 6.07 Å². The largest absolute Gasteiger partial charge is 0.449 e. The number of nitrogens with two attached hydrogens (primary N) is 1. The first kappa shape index (κ1) is 20.7. The molecule has 3 N–H and O–H groups in total. The molecular formula is C15H23Cl2N3O2. The molecule has 1 atom stereocenters. The summed E-state index contributed by atoms with van der Waals surface area (Å²) < 4.78 is 5.52. The van der Waals surface area contributed by atoms with Crippen LogP contribution in [-0.4, -0.2) is 23.5 Å². The number of carbonyl (C=O) groups is 1. The lowest BCUT2D eigenvalue weighted by Gasteiger charge is -2.15. The highest BCUT2D eigenvalue weighted by Crippen LogP contribution is 2.18. The molecule has 2 rings (SSSR count). The zero-order chi connectivity index (χ0) is 14.5. The number of amides is 1. The van der Waals surface area contributed by atoms with E-state index in [4.69, 9.17) is 10.2 Å². The van der Waals surface area contributed by atoms with Gasteiger partial charge in [-0.05, 0) is 25.5 Å². The minimum Gasteiger partial charge on any atom is -0.449 e. The lowest BCUT2D eigenvalue weighted by atomic mass is 10.1. The third kappa shape index (κ3) is 5.16. The molecule has 1 amide bonds. The number of hydrogen-bond acceptors (Lipinski definition) is 4. The number of pyridine rings is 1. The van der Waals surface area contributed by atoms with Crippen LogP contribution < -0.4 is 11.1 Å². The first-order chi connectivity index (χ1) is 9.63. The van der Waals surface area contributed by atoms with Gasteiger partial charge in [0.15, 0.2) is 11.3 Å². The maximum atomic E-state index is 12.1. The number of nitrogens with one attached hydrogen (secondary N) is 1. The highest BCUT2D eigenvalue weighted by molar-refractivity contribution is 5.95. The second-order valence-corrected chi connectivity index (χ2v) is 4.99.